The maximum Gasteiger partial charge on any atom is 0.253 e. The van der Waals surface area contributed by atoms with E-state index in [0.29, 0.717) is 12.5 Å². The lowest BCUT2D eigenvalue weighted by atomic mass is 9.90. The van der Waals surface area contributed by atoms with Crippen LogP contribution in [0.5, 0.6) is 5.75 Å². The maximum atomic E-state index is 12.8. The first kappa shape index (κ1) is 17.5. The van der Waals surface area contributed by atoms with Gasteiger partial charge in [-0.2, -0.15) is 0 Å². The van der Waals surface area contributed by atoms with Crippen molar-refractivity contribution in [2.45, 2.75) is 33.1 Å². The summed E-state index contributed by atoms with van der Waals surface area (Å²) < 4.78 is 5.56. The highest BCUT2D eigenvalue weighted by Gasteiger charge is 2.24. The smallest absolute Gasteiger partial charge is 0.253 e. The molecule has 132 valence electrons. The summed E-state index contributed by atoms with van der Waals surface area (Å²) in [6.45, 7) is 6.31. The van der Waals surface area contributed by atoms with Crippen molar-refractivity contribution in [3.05, 3.63) is 65.2 Å². The highest BCUT2D eigenvalue weighted by molar-refractivity contribution is 5.94. The monoisotopic (exact) mass is 337 g/mol. The Labute approximate surface area is 150 Å². The fourth-order valence-electron chi connectivity index (χ4n) is 3.57. The Morgan fingerprint density at radius 2 is 1.84 bits per heavy atom. The Balaban J connectivity index is 1.57. The minimum atomic E-state index is 0.143. The van der Waals surface area contributed by atoms with Gasteiger partial charge in [0.15, 0.2) is 0 Å². The average molecular weight is 337 g/mol. The van der Waals surface area contributed by atoms with Gasteiger partial charge in [0.05, 0.1) is 6.61 Å². The van der Waals surface area contributed by atoms with Crippen molar-refractivity contribution in [3.63, 3.8) is 0 Å². The molecule has 0 N–H and O–H groups in total. The van der Waals surface area contributed by atoms with Crippen LogP contribution in [0.2, 0.25) is 0 Å². The number of nitrogens with zero attached hydrogens (tertiary/aromatic N) is 1. The van der Waals surface area contributed by atoms with Crippen LogP contribution in [0.15, 0.2) is 48.5 Å². The van der Waals surface area contributed by atoms with Crippen LogP contribution in [-0.4, -0.2) is 30.5 Å². The van der Waals surface area contributed by atoms with Gasteiger partial charge in [-0.1, -0.05) is 30.3 Å². The van der Waals surface area contributed by atoms with Gasteiger partial charge in [0.1, 0.15) is 5.75 Å². The van der Waals surface area contributed by atoms with Crippen LogP contribution in [-0.2, 0) is 6.42 Å². The molecule has 1 fully saturated rings. The number of amides is 1. The highest BCUT2D eigenvalue weighted by Crippen LogP contribution is 2.24. The summed E-state index contributed by atoms with van der Waals surface area (Å²) in [6.07, 6.45) is 3.28. The Morgan fingerprint density at radius 1 is 1.12 bits per heavy atom. The molecule has 2 aromatic rings. The Hall–Kier alpha value is -2.29. The van der Waals surface area contributed by atoms with Crippen molar-refractivity contribution >= 4 is 5.91 Å². The van der Waals surface area contributed by atoms with Crippen molar-refractivity contribution in [2.75, 3.05) is 19.7 Å². The number of hydrogen-bond acceptors (Lipinski definition) is 2. The SMILES string of the molecule is CCOc1ccc(C(=O)N2CCC(Cc3ccccc3)CC2)cc1C. The summed E-state index contributed by atoms with van der Waals surface area (Å²) in [5, 5.41) is 0. The standard InChI is InChI=1S/C22H27NO2/c1-3-25-21-10-9-20(15-17(21)2)22(24)23-13-11-19(12-14-23)16-18-7-5-4-6-8-18/h4-10,15,19H,3,11-14,16H2,1-2H3. The van der Waals surface area contributed by atoms with Gasteiger partial charge < -0.3 is 9.64 Å². The molecule has 3 heteroatoms. The topological polar surface area (TPSA) is 29.5 Å². The molecule has 2 aromatic carbocycles. The van der Waals surface area contributed by atoms with Crippen LogP contribution in [0.3, 0.4) is 0 Å². The number of rotatable bonds is 5. The van der Waals surface area contributed by atoms with Crippen molar-refractivity contribution in [1.29, 1.82) is 0 Å². The van der Waals surface area contributed by atoms with E-state index in [1.165, 1.54) is 5.56 Å². The van der Waals surface area contributed by atoms with Gasteiger partial charge in [-0.05, 0) is 68.4 Å². The zero-order valence-corrected chi connectivity index (χ0v) is 15.2. The van der Waals surface area contributed by atoms with E-state index in [9.17, 15) is 4.79 Å². The van der Waals surface area contributed by atoms with E-state index >= 15 is 0 Å². The Morgan fingerprint density at radius 3 is 2.48 bits per heavy atom. The molecular weight excluding hydrogens is 310 g/mol. The van der Waals surface area contributed by atoms with Crippen molar-refractivity contribution in [2.24, 2.45) is 5.92 Å². The largest absolute Gasteiger partial charge is 0.494 e. The van der Waals surface area contributed by atoms with Gasteiger partial charge in [-0.3, -0.25) is 4.79 Å². The summed E-state index contributed by atoms with van der Waals surface area (Å²) in [5.41, 5.74) is 3.18. The predicted octanol–water partition coefficient (Wildman–Crippen LogP) is 4.49. The summed E-state index contributed by atoms with van der Waals surface area (Å²) in [7, 11) is 0. The van der Waals surface area contributed by atoms with Crippen LogP contribution >= 0.6 is 0 Å². The minimum absolute atomic E-state index is 0.143. The molecule has 0 radical (unpaired) electrons. The van der Waals surface area contributed by atoms with Crippen molar-refractivity contribution in [1.82, 2.24) is 4.90 Å². The molecule has 3 rings (SSSR count). The Kier molecular flexibility index (Phi) is 5.75. The van der Waals surface area contributed by atoms with E-state index in [1.54, 1.807) is 0 Å². The molecule has 1 amide bonds. The third kappa shape index (κ3) is 4.41. The molecule has 0 spiro atoms. The van der Waals surface area contributed by atoms with Crippen LogP contribution in [0, 0.1) is 12.8 Å². The van der Waals surface area contributed by atoms with Crippen LogP contribution in [0.25, 0.3) is 0 Å². The Bertz CT molecular complexity index is 703. The molecule has 1 heterocycles. The molecule has 1 aliphatic heterocycles. The first-order valence-electron chi connectivity index (χ1n) is 9.24. The molecule has 1 saturated heterocycles. The van der Waals surface area contributed by atoms with Crippen molar-refractivity contribution < 1.29 is 9.53 Å². The first-order chi connectivity index (χ1) is 12.2. The number of piperidine rings is 1. The number of ether oxygens (including phenoxy) is 1. The summed E-state index contributed by atoms with van der Waals surface area (Å²) >= 11 is 0. The third-order valence-corrected chi connectivity index (χ3v) is 4.99. The van der Waals surface area contributed by atoms with Gasteiger partial charge in [-0.25, -0.2) is 0 Å². The van der Waals surface area contributed by atoms with E-state index in [-0.39, 0.29) is 5.91 Å². The third-order valence-electron chi connectivity index (χ3n) is 4.99. The van der Waals surface area contributed by atoms with Crippen LogP contribution in [0.1, 0.15) is 41.3 Å². The number of benzene rings is 2. The highest BCUT2D eigenvalue weighted by atomic mass is 16.5. The molecule has 0 aromatic heterocycles. The lowest BCUT2D eigenvalue weighted by Crippen LogP contribution is -2.38. The first-order valence-corrected chi connectivity index (χ1v) is 9.24. The normalized spacial score (nSPS) is 15.2. The van der Waals surface area contributed by atoms with Crippen LogP contribution in [0.4, 0.5) is 0 Å². The molecule has 0 bridgehead atoms. The summed E-state index contributed by atoms with van der Waals surface area (Å²) in [5.74, 6) is 1.68. The lowest BCUT2D eigenvalue weighted by molar-refractivity contribution is 0.0690. The zero-order chi connectivity index (χ0) is 17.6. The van der Waals surface area contributed by atoms with Gasteiger partial charge in [0.2, 0.25) is 0 Å². The van der Waals surface area contributed by atoms with Gasteiger partial charge in [0.25, 0.3) is 5.91 Å². The van der Waals surface area contributed by atoms with Crippen molar-refractivity contribution in [3.8, 4) is 5.75 Å². The van der Waals surface area contributed by atoms with E-state index in [4.69, 9.17) is 4.74 Å². The fraction of sp³-hybridized carbons (Fsp3) is 0.409. The number of carbonyl (C=O) groups excluding carboxylic acids is 1. The van der Waals surface area contributed by atoms with Gasteiger partial charge in [-0.15, -0.1) is 0 Å². The number of hydrogen-bond donors (Lipinski definition) is 0. The second-order valence-corrected chi connectivity index (χ2v) is 6.84. The summed E-state index contributed by atoms with van der Waals surface area (Å²) in [6, 6.07) is 16.4. The quantitative estimate of drug-likeness (QED) is 0.804. The number of likely N-dealkylation sites (tertiary alicyclic amines) is 1. The molecule has 0 atom stereocenters. The van der Waals surface area contributed by atoms with E-state index in [1.807, 2.05) is 36.9 Å². The minimum Gasteiger partial charge on any atom is -0.494 e. The van der Waals surface area contributed by atoms with E-state index < -0.39 is 0 Å². The summed E-state index contributed by atoms with van der Waals surface area (Å²) in [4.78, 5) is 14.8. The molecule has 0 aliphatic carbocycles. The zero-order valence-electron chi connectivity index (χ0n) is 15.2. The average Bonchev–Trinajstić information content (AvgIpc) is 2.64. The van der Waals surface area contributed by atoms with E-state index in [2.05, 4.69) is 30.3 Å². The predicted molar refractivity (Wildman–Crippen MR) is 101 cm³/mol. The molecule has 0 unspecified atom stereocenters. The van der Waals surface area contributed by atoms with Gasteiger partial charge in [0, 0.05) is 18.7 Å². The van der Waals surface area contributed by atoms with Gasteiger partial charge >= 0.3 is 0 Å². The molecule has 1 aliphatic rings. The molecule has 25 heavy (non-hydrogen) atoms. The van der Waals surface area contributed by atoms with E-state index in [0.717, 1.165) is 49.2 Å². The number of carbonyl (C=O) groups is 1. The second kappa shape index (κ2) is 8.19. The second-order valence-electron chi connectivity index (χ2n) is 6.84. The number of aryl methyl sites for hydroxylation is 1. The molecule has 0 saturated carbocycles. The maximum absolute atomic E-state index is 12.8. The molecule has 3 nitrogen and oxygen atoms in total. The van der Waals surface area contributed by atoms with Crippen LogP contribution < -0.4 is 4.74 Å². The lowest BCUT2D eigenvalue weighted by Gasteiger charge is -2.32. The molecular formula is C22H27NO2. The fourth-order valence-corrected chi connectivity index (χ4v) is 3.57.